The van der Waals surface area contributed by atoms with Gasteiger partial charge in [-0.15, -0.1) is 0 Å². The van der Waals surface area contributed by atoms with Crippen LogP contribution in [0.3, 0.4) is 0 Å². The first-order valence-corrected chi connectivity index (χ1v) is 27.2. The summed E-state index contributed by atoms with van der Waals surface area (Å²) in [7, 11) is 0. The van der Waals surface area contributed by atoms with Crippen LogP contribution in [0.5, 0.6) is 0 Å². The predicted molar refractivity (Wildman–Crippen MR) is 331 cm³/mol. The maximum Gasteiger partial charge on any atom is 0.160 e. The lowest BCUT2D eigenvalue weighted by Crippen LogP contribution is -2.16. The molecular formula is C74H42N6O. The normalized spacial score (nSPS) is 11.9. The molecule has 12 aromatic carbocycles. The molecule has 5 aromatic heterocycles. The molecule has 0 aliphatic rings. The van der Waals surface area contributed by atoms with Crippen LogP contribution < -0.4 is 0 Å². The number of para-hydroxylation sites is 7. The third kappa shape index (κ3) is 6.15. The molecule has 0 radical (unpaired) electrons. The van der Waals surface area contributed by atoms with Crippen molar-refractivity contribution in [3.8, 4) is 57.1 Å². The first kappa shape index (κ1) is 44.7. The number of nitrogens with zero attached hydrogens (tertiary/aromatic N) is 6. The van der Waals surface area contributed by atoms with Gasteiger partial charge in [-0.2, -0.15) is 10.5 Å². The summed E-state index contributed by atoms with van der Waals surface area (Å²) in [6.45, 7) is 0. The summed E-state index contributed by atoms with van der Waals surface area (Å²) in [6.07, 6.45) is 0. The molecule has 0 atom stereocenters. The number of aromatic nitrogens is 4. The highest BCUT2D eigenvalue weighted by molar-refractivity contribution is 6.23. The van der Waals surface area contributed by atoms with Crippen molar-refractivity contribution in [1.82, 2.24) is 18.3 Å². The maximum atomic E-state index is 13.0. The van der Waals surface area contributed by atoms with E-state index in [0.29, 0.717) is 39.5 Å². The first-order valence-electron chi connectivity index (χ1n) is 27.2. The Morgan fingerprint density at radius 2 is 0.617 bits per heavy atom. The van der Waals surface area contributed by atoms with Crippen LogP contribution in [0.2, 0.25) is 0 Å². The molecular weight excluding hydrogens is 989 g/mol. The number of furan rings is 1. The quantitative estimate of drug-likeness (QED) is 0.166. The summed E-state index contributed by atoms with van der Waals surface area (Å²) in [5.74, 6) is 0. The second-order valence-corrected chi connectivity index (χ2v) is 20.9. The minimum atomic E-state index is 0.372. The lowest BCUT2D eigenvalue weighted by atomic mass is 9.94. The van der Waals surface area contributed by atoms with Gasteiger partial charge in [0.2, 0.25) is 0 Å². The van der Waals surface area contributed by atoms with Crippen molar-refractivity contribution in [2.45, 2.75) is 0 Å². The van der Waals surface area contributed by atoms with E-state index >= 15 is 0 Å². The zero-order valence-electron chi connectivity index (χ0n) is 43.3. The van der Waals surface area contributed by atoms with E-state index < -0.39 is 0 Å². The van der Waals surface area contributed by atoms with E-state index in [-0.39, 0.29) is 0 Å². The van der Waals surface area contributed by atoms with Crippen LogP contribution in [-0.4, -0.2) is 18.3 Å². The van der Waals surface area contributed by atoms with Gasteiger partial charge >= 0.3 is 0 Å². The average Bonchev–Trinajstić information content (AvgIpc) is 4.51. The minimum Gasteiger partial charge on any atom is -0.454 e. The Labute approximate surface area is 463 Å². The van der Waals surface area contributed by atoms with Crippen molar-refractivity contribution >= 4 is 109 Å². The van der Waals surface area contributed by atoms with E-state index in [1.54, 1.807) is 0 Å². The number of benzene rings is 12. The Morgan fingerprint density at radius 3 is 1.07 bits per heavy atom. The summed E-state index contributed by atoms with van der Waals surface area (Å²) in [4.78, 5) is 0. The lowest BCUT2D eigenvalue weighted by molar-refractivity contribution is 0.671. The molecule has 5 heterocycles. The van der Waals surface area contributed by atoms with Crippen molar-refractivity contribution in [2.75, 3.05) is 0 Å². The van der Waals surface area contributed by atoms with E-state index in [2.05, 4.69) is 261 Å². The lowest BCUT2D eigenvalue weighted by Gasteiger charge is -2.27. The van der Waals surface area contributed by atoms with Gasteiger partial charge in [0.1, 0.15) is 28.8 Å². The van der Waals surface area contributed by atoms with Gasteiger partial charge in [-0.25, -0.2) is 0 Å². The van der Waals surface area contributed by atoms with Gasteiger partial charge in [-0.3, -0.25) is 0 Å². The van der Waals surface area contributed by atoms with Gasteiger partial charge in [0.25, 0.3) is 0 Å². The van der Waals surface area contributed by atoms with Gasteiger partial charge < -0.3 is 22.7 Å². The van der Waals surface area contributed by atoms with Gasteiger partial charge in [0.15, 0.2) is 5.58 Å². The smallest absolute Gasteiger partial charge is 0.160 e. The summed E-state index contributed by atoms with van der Waals surface area (Å²) in [5.41, 5.74) is 15.8. The molecule has 81 heavy (non-hydrogen) atoms. The highest BCUT2D eigenvalue weighted by Crippen LogP contribution is 2.50. The zero-order valence-corrected chi connectivity index (χ0v) is 43.3. The molecule has 0 unspecified atom stereocenters. The van der Waals surface area contributed by atoms with Gasteiger partial charge in [-0.05, 0) is 76.9 Å². The summed E-state index contributed by atoms with van der Waals surface area (Å²) < 4.78 is 16.2. The van der Waals surface area contributed by atoms with Crippen LogP contribution in [0.25, 0.3) is 154 Å². The topological polar surface area (TPSA) is 80.4 Å². The van der Waals surface area contributed by atoms with Crippen molar-refractivity contribution in [3.05, 3.63) is 266 Å². The molecule has 0 fully saturated rings. The second kappa shape index (κ2) is 17.1. The number of hydrogen-bond acceptors (Lipinski definition) is 3. The monoisotopic (exact) mass is 1030 g/mol. The standard InChI is InChI=1S/C74H42N6O/c75-43-59-69(77-61-31-13-6-24-49(61)50-25-7-14-32-62(50)77)70(78-63-33-15-8-26-51(63)52-27-9-16-34-64(52)78)60(44-76)72(71(59)79-65-35-17-10-28-53(65)54-29-11-18-36-66(54)79)80-67-42-46(48-23-5-4-22-47(48)45-20-2-1-3-21-45)38-39-55(67)57-40-41-58-56-30-12-19-37-68(56)81-74(58)73(57)80/h1-42H. The molecule has 17 rings (SSSR count). The van der Waals surface area contributed by atoms with Crippen LogP contribution in [-0.2, 0) is 0 Å². The molecule has 0 aliphatic carbocycles. The largest absolute Gasteiger partial charge is 0.454 e. The van der Waals surface area contributed by atoms with Crippen molar-refractivity contribution in [3.63, 3.8) is 0 Å². The van der Waals surface area contributed by atoms with E-state index in [9.17, 15) is 10.5 Å². The highest BCUT2D eigenvalue weighted by atomic mass is 16.3. The van der Waals surface area contributed by atoms with E-state index in [1.807, 2.05) is 24.3 Å². The number of fused-ring (bicyclic) bond motifs is 16. The molecule has 0 amide bonds. The molecule has 374 valence electrons. The number of rotatable bonds is 6. The van der Waals surface area contributed by atoms with Crippen LogP contribution in [0.4, 0.5) is 0 Å². The van der Waals surface area contributed by atoms with Crippen molar-refractivity contribution < 1.29 is 4.42 Å². The van der Waals surface area contributed by atoms with Crippen LogP contribution >= 0.6 is 0 Å². The summed E-state index contributed by atoms with van der Waals surface area (Å²) in [6, 6.07) is 94.8. The molecule has 0 aliphatic heterocycles. The van der Waals surface area contributed by atoms with Gasteiger partial charge in [0, 0.05) is 53.9 Å². The number of hydrogen-bond donors (Lipinski definition) is 0. The van der Waals surface area contributed by atoms with Crippen LogP contribution in [0, 0.1) is 22.7 Å². The molecule has 0 saturated carbocycles. The summed E-state index contributed by atoms with van der Waals surface area (Å²) >= 11 is 0. The highest BCUT2D eigenvalue weighted by Gasteiger charge is 2.35. The minimum absolute atomic E-state index is 0.372. The van der Waals surface area contributed by atoms with Crippen LogP contribution in [0.15, 0.2) is 259 Å². The second-order valence-electron chi connectivity index (χ2n) is 20.9. The predicted octanol–water partition coefficient (Wildman–Crippen LogP) is 19.1. The molecule has 0 N–H and O–H groups in total. The maximum absolute atomic E-state index is 13.0. The average molecular weight is 1030 g/mol. The fraction of sp³-hybridized carbons (Fsp3) is 0. The number of nitriles is 2. The van der Waals surface area contributed by atoms with Crippen molar-refractivity contribution in [2.24, 2.45) is 0 Å². The fourth-order valence-electron chi connectivity index (χ4n) is 13.6. The van der Waals surface area contributed by atoms with Crippen molar-refractivity contribution in [1.29, 1.82) is 10.5 Å². The fourth-order valence-corrected chi connectivity index (χ4v) is 13.6. The van der Waals surface area contributed by atoms with Gasteiger partial charge in [-0.1, -0.05) is 200 Å². The molecule has 7 heteroatoms. The Bertz CT molecular complexity index is 5470. The Hall–Kier alpha value is -11.4. The molecule has 7 nitrogen and oxygen atoms in total. The Morgan fingerprint density at radius 1 is 0.272 bits per heavy atom. The third-order valence-corrected chi connectivity index (χ3v) is 16.9. The SMILES string of the molecule is N#Cc1c(-n2c3ccccc3c3ccccc32)c(-n2c3ccccc3c3ccccc32)c(C#N)c(-n2c3cc(-c4ccccc4-c4ccccc4)ccc3c3ccc4c5ccccc5oc4c32)c1-n1c2ccccc2c2ccccc21. The summed E-state index contributed by atoms with van der Waals surface area (Å²) in [5, 5.41) is 35.8. The Kier molecular flexibility index (Phi) is 9.42. The first-order chi connectivity index (χ1) is 40.2. The van der Waals surface area contributed by atoms with E-state index in [4.69, 9.17) is 4.42 Å². The molecule has 0 saturated heterocycles. The zero-order chi connectivity index (χ0) is 53.4. The molecule has 0 bridgehead atoms. The third-order valence-electron chi connectivity index (χ3n) is 16.9. The Balaban J connectivity index is 1.17. The van der Waals surface area contributed by atoms with Gasteiger partial charge in [0.05, 0.1) is 66.9 Å². The molecule has 0 spiro atoms. The van der Waals surface area contributed by atoms with E-state index in [0.717, 1.165) is 126 Å². The van der Waals surface area contributed by atoms with Crippen LogP contribution in [0.1, 0.15) is 11.1 Å². The van der Waals surface area contributed by atoms with E-state index in [1.165, 1.54) is 0 Å². The molecule has 17 aromatic rings.